The summed E-state index contributed by atoms with van der Waals surface area (Å²) < 4.78 is 1.17. The Balaban J connectivity index is 0.00000176. The van der Waals surface area contributed by atoms with Crippen LogP contribution in [0.25, 0.3) is 0 Å². The number of thiophene rings is 1. The van der Waals surface area contributed by atoms with Crippen molar-refractivity contribution in [2.24, 2.45) is 10.7 Å². The molecule has 1 saturated carbocycles. The molecule has 3 N–H and O–H groups in total. The summed E-state index contributed by atoms with van der Waals surface area (Å²) in [6.07, 6.45) is 5.35. The number of rotatable bonds is 4. The van der Waals surface area contributed by atoms with E-state index in [1.165, 1.54) is 27.9 Å². The van der Waals surface area contributed by atoms with Crippen LogP contribution in [0.1, 0.15) is 24.1 Å². The number of hydrogen-bond donors (Lipinski definition) is 2. The zero-order valence-electron chi connectivity index (χ0n) is 12.0. The molecule has 0 aromatic carbocycles. The van der Waals surface area contributed by atoms with E-state index in [0.29, 0.717) is 5.96 Å². The Kier molecular flexibility index (Phi) is 6.22. The van der Waals surface area contributed by atoms with Crippen molar-refractivity contribution in [3.8, 4) is 0 Å². The third-order valence-corrected chi connectivity index (χ3v) is 5.75. The lowest BCUT2D eigenvalue weighted by Crippen LogP contribution is -2.38. The Bertz CT molecular complexity index is 640. The average Bonchev–Trinajstić information content (AvgIpc) is 2.86. The van der Waals surface area contributed by atoms with Gasteiger partial charge in [-0.2, -0.15) is 0 Å². The molecule has 2 heterocycles. The van der Waals surface area contributed by atoms with Gasteiger partial charge in [-0.25, -0.2) is 4.98 Å². The molecule has 7 heteroatoms. The smallest absolute Gasteiger partial charge is 0.194 e. The number of aromatic nitrogens is 1. The number of hydrogen-bond acceptors (Lipinski definition) is 3. The van der Waals surface area contributed by atoms with E-state index in [2.05, 4.69) is 43.4 Å². The summed E-state index contributed by atoms with van der Waals surface area (Å²) in [5.41, 5.74) is 6.14. The minimum absolute atomic E-state index is 0. The highest BCUT2D eigenvalue weighted by Gasteiger charge is 2.39. The highest BCUT2D eigenvalue weighted by molar-refractivity contribution is 14.0. The topological polar surface area (TPSA) is 63.3 Å². The first-order valence-electron chi connectivity index (χ1n) is 6.92. The van der Waals surface area contributed by atoms with E-state index in [9.17, 15) is 0 Å². The Morgan fingerprint density at radius 3 is 2.73 bits per heavy atom. The molecule has 1 aliphatic carbocycles. The van der Waals surface area contributed by atoms with Crippen LogP contribution in [-0.2, 0) is 5.41 Å². The minimum Gasteiger partial charge on any atom is -0.370 e. The standard InChI is InChI=1S/C15H17BrN4S.HI/c16-12-6-5-11(21-12)15(7-3-8-15)10-19-14(17)20-13-4-1-2-9-18-13;/h1-2,4-6,9H,3,7-8,10H2,(H3,17,18,19,20);1H. The molecule has 0 atom stereocenters. The molecular formula is C15H18BrIN4S. The van der Waals surface area contributed by atoms with Gasteiger partial charge in [-0.05, 0) is 53.0 Å². The second-order valence-corrected chi connectivity index (χ2v) is 7.74. The van der Waals surface area contributed by atoms with Crippen LogP contribution < -0.4 is 11.1 Å². The van der Waals surface area contributed by atoms with Gasteiger partial charge < -0.3 is 11.1 Å². The molecule has 0 spiro atoms. The molecule has 2 aromatic rings. The third kappa shape index (κ3) is 3.99. The molecule has 1 aliphatic rings. The number of nitrogens with one attached hydrogen (secondary N) is 1. The maximum absolute atomic E-state index is 5.97. The number of aliphatic imine (C=N–C) groups is 1. The van der Waals surface area contributed by atoms with Gasteiger partial charge in [0.15, 0.2) is 5.96 Å². The Morgan fingerprint density at radius 1 is 1.36 bits per heavy atom. The van der Waals surface area contributed by atoms with Gasteiger partial charge in [0.2, 0.25) is 0 Å². The van der Waals surface area contributed by atoms with Gasteiger partial charge in [0.1, 0.15) is 5.82 Å². The van der Waals surface area contributed by atoms with Gasteiger partial charge in [-0.1, -0.05) is 12.5 Å². The Hall–Kier alpha value is -0.670. The summed E-state index contributed by atoms with van der Waals surface area (Å²) in [5, 5.41) is 3.03. The van der Waals surface area contributed by atoms with Crippen LogP contribution >= 0.6 is 51.2 Å². The first kappa shape index (κ1) is 17.7. The van der Waals surface area contributed by atoms with Crippen molar-refractivity contribution in [1.29, 1.82) is 0 Å². The maximum Gasteiger partial charge on any atom is 0.194 e. The largest absolute Gasteiger partial charge is 0.370 e. The lowest BCUT2D eigenvalue weighted by molar-refractivity contribution is 0.259. The molecule has 0 bridgehead atoms. The summed E-state index contributed by atoms with van der Waals surface area (Å²) in [6.45, 7) is 0.728. The highest BCUT2D eigenvalue weighted by Crippen LogP contribution is 2.47. The summed E-state index contributed by atoms with van der Waals surface area (Å²) in [7, 11) is 0. The molecule has 0 radical (unpaired) electrons. The molecule has 0 amide bonds. The van der Waals surface area contributed by atoms with Gasteiger partial charge in [0.25, 0.3) is 0 Å². The number of anilines is 1. The van der Waals surface area contributed by atoms with Crippen molar-refractivity contribution >= 4 is 63.0 Å². The first-order chi connectivity index (χ1) is 10.2. The second kappa shape index (κ2) is 7.74. The van der Waals surface area contributed by atoms with Crippen molar-refractivity contribution in [2.45, 2.75) is 24.7 Å². The van der Waals surface area contributed by atoms with Crippen LogP contribution in [0.3, 0.4) is 0 Å². The SMILES string of the molecule is I.NC(=NCC1(c2ccc(Br)s2)CCC1)Nc1ccccn1. The minimum atomic E-state index is 0. The van der Waals surface area contributed by atoms with E-state index in [1.807, 2.05) is 18.2 Å². The third-order valence-electron chi connectivity index (χ3n) is 3.88. The molecule has 2 aromatic heterocycles. The van der Waals surface area contributed by atoms with E-state index < -0.39 is 0 Å². The Morgan fingerprint density at radius 2 is 2.18 bits per heavy atom. The van der Waals surface area contributed by atoms with Crippen LogP contribution in [0.4, 0.5) is 5.82 Å². The monoisotopic (exact) mass is 492 g/mol. The number of pyridine rings is 1. The van der Waals surface area contributed by atoms with Crippen molar-refractivity contribution in [3.63, 3.8) is 0 Å². The van der Waals surface area contributed by atoms with Gasteiger partial charge >= 0.3 is 0 Å². The summed E-state index contributed by atoms with van der Waals surface area (Å²) in [6, 6.07) is 9.97. The molecule has 0 aliphatic heterocycles. The molecular weight excluding hydrogens is 475 g/mol. The summed E-state index contributed by atoms with van der Waals surface area (Å²) >= 11 is 5.34. The molecule has 22 heavy (non-hydrogen) atoms. The van der Waals surface area contributed by atoms with Crippen molar-refractivity contribution in [1.82, 2.24) is 4.98 Å². The predicted octanol–water partition coefficient (Wildman–Crippen LogP) is 4.37. The van der Waals surface area contributed by atoms with Crippen molar-refractivity contribution in [3.05, 3.63) is 45.2 Å². The molecule has 118 valence electrons. The van der Waals surface area contributed by atoms with E-state index in [-0.39, 0.29) is 29.4 Å². The van der Waals surface area contributed by atoms with Crippen LogP contribution in [0, 0.1) is 0 Å². The van der Waals surface area contributed by atoms with E-state index >= 15 is 0 Å². The quantitative estimate of drug-likeness (QED) is 0.378. The normalized spacial score (nSPS) is 16.5. The van der Waals surface area contributed by atoms with Crippen LogP contribution in [0.5, 0.6) is 0 Å². The number of halogens is 2. The first-order valence-corrected chi connectivity index (χ1v) is 8.53. The maximum atomic E-state index is 5.97. The fourth-order valence-corrected chi connectivity index (χ4v) is 4.15. The van der Waals surface area contributed by atoms with Crippen molar-refractivity contribution < 1.29 is 0 Å². The number of guanidine groups is 1. The van der Waals surface area contributed by atoms with E-state index in [1.54, 1.807) is 17.5 Å². The molecule has 3 rings (SSSR count). The Labute approximate surface area is 159 Å². The van der Waals surface area contributed by atoms with E-state index in [4.69, 9.17) is 5.73 Å². The number of nitrogens with zero attached hydrogens (tertiary/aromatic N) is 2. The van der Waals surface area contributed by atoms with Crippen LogP contribution in [-0.4, -0.2) is 17.5 Å². The van der Waals surface area contributed by atoms with Gasteiger partial charge in [-0.15, -0.1) is 35.3 Å². The highest BCUT2D eigenvalue weighted by atomic mass is 127. The van der Waals surface area contributed by atoms with Crippen LogP contribution in [0.2, 0.25) is 0 Å². The molecule has 4 nitrogen and oxygen atoms in total. The number of nitrogens with two attached hydrogens (primary N) is 1. The van der Waals surface area contributed by atoms with E-state index in [0.717, 1.165) is 12.4 Å². The lowest BCUT2D eigenvalue weighted by Gasteiger charge is -2.40. The zero-order chi connectivity index (χ0) is 14.7. The zero-order valence-corrected chi connectivity index (χ0v) is 16.7. The molecule has 0 saturated heterocycles. The van der Waals surface area contributed by atoms with Crippen LogP contribution in [0.15, 0.2) is 45.3 Å². The summed E-state index contributed by atoms with van der Waals surface area (Å²) in [5.74, 6) is 1.15. The fourth-order valence-electron chi connectivity index (χ4n) is 2.53. The fraction of sp³-hybridized carbons (Fsp3) is 0.333. The van der Waals surface area contributed by atoms with Gasteiger partial charge in [0, 0.05) is 16.5 Å². The molecule has 1 fully saturated rings. The average molecular weight is 493 g/mol. The second-order valence-electron chi connectivity index (χ2n) is 5.28. The van der Waals surface area contributed by atoms with Crippen molar-refractivity contribution in [2.75, 3.05) is 11.9 Å². The predicted molar refractivity (Wildman–Crippen MR) is 107 cm³/mol. The van der Waals surface area contributed by atoms with Gasteiger partial charge in [0.05, 0.1) is 10.3 Å². The van der Waals surface area contributed by atoms with Gasteiger partial charge in [-0.3, -0.25) is 4.99 Å². The summed E-state index contributed by atoms with van der Waals surface area (Å²) in [4.78, 5) is 10.1. The molecule has 0 unspecified atom stereocenters. The lowest BCUT2D eigenvalue weighted by atomic mass is 9.68.